The Hall–Kier alpha value is -1.36. The maximum Gasteiger partial charge on any atom is 0.346 e. The molecule has 18 heavy (non-hydrogen) atoms. The lowest BCUT2D eigenvalue weighted by Gasteiger charge is -2.04. The zero-order valence-electron chi connectivity index (χ0n) is 9.57. The fourth-order valence-electron chi connectivity index (χ4n) is 1.77. The molecule has 0 unspecified atom stereocenters. The van der Waals surface area contributed by atoms with Crippen LogP contribution in [-0.2, 0) is 6.54 Å². The molecule has 2 rings (SSSR count). The number of fused-ring (bicyclic) bond motifs is 1. The highest BCUT2D eigenvalue weighted by atomic mass is 35.5. The minimum Gasteiger partial charge on any atom is -0.477 e. The van der Waals surface area contributed by atoms with Gasteiger partial charge in [-0.15, -0.1) is 11.3 Å². The van der Waals surface area contributed by atoms with E-state index in [9.17, 15) is 9.90 Å². The van der Waals surface area contributed by atoms with E-state index in [2.05, 4.69) is 11.9 Å². The first kappa shape index (κ1) is 13.1. The molecule has 1 aromatic heterocycles. The summed E-state index contributed by atoms with van der Waals surface area (Å²) >= 11 is 6.96. The van der Waals surface area contributed by atoms with Crippen LogP contribution in [0, 0.1) is 0 Å². The van der Waals surface area contributed by atoms with Gasteiger partial charge < -0.3 is 10.4 Å². The zero-order chi connectivity index (χ0) is 13.1. The van der Waals surface area contributed by atoms with Gasteiger partial charge in [0.1, 0.15) is 4.88 Å². The quantitative estimate of drug-likeness (QED) is 0.883. The first-order valence-corrected chi connectivity index (χ1v) is 6.56. The second kappa shape index (κ2) is 5.52. The molecule has 0 saturated carbocycles. The van der Waals surface area contributed by atoms with Crippen molar-refractivity contribution in [2.24, 2.45) is 0 Å². The molecule has 0 bridgehead atoms. The maximum absolute atomic E-state index is 11.2. The number of carboxylic acids is 1. The lowest BCUT2D eigenvalue weighted by molar-refractivity contribution is 0.0701. The van der Waals surface area contributed by atoms with Crippen molar-refractivity contribution < 1.29 is 9.90 Å². The molecule has 94 valence electrons. The first-order valence-electron chi connectivity index (χ1n) is 5.37. The topological polar surface area (TPSA) is 49.3 Å². The highest BCUT2D eigenvalue weighted by molar-refractivity contribution is 7.21. The van der Waals surface area contributed by atoms with Gasteiger partial charge in [0.05, 0.1) is 0 Å². The third-order valence-electron chi connectivity index (χ3n) is 2.51. The van der Waals surface area contributed by atoms with Crippen molar-refractivity contribution in [3.8, 4) is 0 Å². The van der Waals surface area contributed by atoms with Crippen molar-refractivity contribution in [1.82, 2.24) is 5.32 Å². The summed E-state index contributed by atoms with van der Waals surface area (Å²) in [6, 6.07) is 7.67. The molecule has 2 aromatic rings. The Morgan fingerprint density at radius 1 is 1.44 bits per heavy atom. The number of hydrogen-bond acceptors (Lipinski definition) is 3. The molecule has 0 spiro atoms. The number of halogens is 1. The van der Waals surface area contributed by atoms with Gasteiger partial charge in [-0.3, -0.25) is 0 Å². The van der Waals surface area contributed by atoms with E-state index in [-0.39, 0.29) is 0 Å². The largest absolute Gasteiger partial charge is 0.477 e. The summed E-state index contributed by atoms with van der Waals surface area (Å²) < 4.78 is 0.983. The van der Waals surface area contributed by atoms with E-state index in [1.54, 1.807) is 0 Å². The van der Waals surface area contributed by atoms with Crippen LogP contribution in [0.1, 0.15) is 15.2 Å². The molecule has 1 aromatic carbocycles. The van der Waals surface area contributed by atoms with E-state index in [0.29, 0.717) is 23.0 Å². The van der Waals surface area contributed by atoms with Gasteiger partial charge in [0.2, 0.25) is 0 Å². The Bertz CT molecular complexity index is 606. The van der Waals surface area contributed by atoms with Gasteiger partial charge in [0.15, 0.2) is 0 Å². The molecule has 5 heteroatoms. The Balaban J connectivity index is 2.36. The van der Waals surface area contributed by atoms with Crippen LogP contribution in [0.15, 0.2) is 35.9 Å². The van der Waals surface area contributed by atoms with Gasteiger partial charge >= 0.3 is 5.97 Å². The van der Waals surface area contributed by atoms with Gasteiger partial charge in [-0.05, 0) is 17.0 Å². The summed E-state index contributed by atoms with van der Waals surface area (Å²) in [5, 5.41) is 13.8. The summed E-state index contributed by atoms with van der Waals surface area (Å²) in [5.74, 6) is -0.891. The Morgan fingerprint density at radius 3 is 2.83 bits per heavy atom. The smallest absolute Gasteiger partial charge is 0.346 e. The predicted molar refractivity (Wildman–Crippen MR) is 75.5 cm³/mol. The van der Waals surface area contributed by atoms with Crippen LogP contribution >= 0.6 is 22.9 Å². The van der Waals surface area contributed by atoms with Crippen LogP contribution in [0.4, 0.5) is 0 Å². The second-order valence-electron chi connectivity index (χ2n) is 3.83. The van der Waals surface area contributed by atoms with Gasteiger partial charge in [0.25, 0.3) is 0 Å². The van der Waals surface area contributed by atoms with Gasteiger partial charge in [-0.2, -0.15) is 0 Å². The van der Waals surface area contributed by atoms with Gasteiger partial charge in [-0.1, -0.05) is 36.4 Å². The minimum atomic E-state index is -0.891. The van der Waals surface area contributed by atoms with Gasteiger partial charge in [-0.25, -0.2) is 4.79 Å². The Labute approximate surface area is 114 Å². The first-order chi connectivity index (χ1) is 8.59. The number of benzene rings is 1. The standard InChI is InChI=1S/C13H12ClNO2S/c1-8(14)6-15-7-10-9-4-2-3-5-11(9)18-12(10)13(16)17/h2-5,15H,1,6-7H2,(H,16,17). The molecule has 0 amide bonds. The van der Waals surface area contributed by atoms with Crippen molar-refractivity contribution in [1.29, 1.82) is 0 Å². The monoisotopic (exact) mass is 281 g/mol. The molecule has 3 nitrogen and oxygen atoms in total. The minimum absolute atomic E-state index is 0.379. The number of aromatic carboxylic acids is 1. The van der Waals surface area contributed by atoms with Crippen LogP contribution in [0.25, 0.3) is 10.1 Å². The maximum atomic E-state index is 11.2. The van der Waals surface area contributed by atoms with Crippen molar-refractivity contribution >= 4 is 39.0 Å². The molecule has 0 aliphatic rings. The summed E-state index contributed by atoms with van der Waals surface area (Å²) in [4.78, 5) is 11.6. The number of hydrogen-bond donors (Lipinski definition) is 2. The van der Waals surface area contributed by atoms with E-state index < -0.39 is 5.97 Å². The van der Waals surface area contributed by atoms with Gasteiger partial charge in [0, 0.05) is 22.8 Å². The molecule has 0 atom stereocenters. The van der Waals surface area contributed by atoms with E-state index in [1.165, 1.54) is 11.3 Å². The molecule has 0 fully saturated rings. The molecule has 1 heterocycles. The SMILES string of the molecule is C=C(Cl)CNCc1c(C(=O)O)sc2ccccc12. The molecule has 0 aliphatic carbocycles. The fraction of sp³-hybridized carbons (Fsp3) is 0.154. The molecule has 0 saturated heterocycles. The second-order valence-corrected chi connectivity index (χ2v) is 5.42. The molecule has 2 N–H and O–H groups in total. The Kier molecular flexibility index (Phi) is 4.01. The van der Waals surface area contributed by atoms with Crippen LogP contribution in [0.5, 0.6) is 0 Å². The van der Waals surface area contributed by atoms with Crippen LogP contribution in [-0.4, -0.2) is 17.6 Å². The normalized spacial score (nSPS) is 10.7. The summed E-state index contributed by atoms with van der Waals surface area (Å²) in [6.45, 7) is 4.52. The highest BCUT2D eigenvalue weighted by Crippen LogP contribution is 2.31. The summed E-state index contributed by atoms with van der Waals surface area (Å²) in [7, 11) is 0. The molecule has 0 radical (unpaired) electrons. The third kappa shape index (κ3) is 2.72. The number of carboxylic acid groups (broad SMARTS) is 1. The number of carbonyl (C=O) groups is 1. The lowest BCUT2D eigenvalue weighted by atomic mass is 10.1. The highest BCUT2D eigenvalue weighted by Gasteiger charge is 2.16. The molecular formula is C13H12ClNO2S. The summed E-state index contributed by atoms with van der Waals surface area (Å²) in [5.41, 5.74) is 0.806. The molecular weight excluding hydrogens is 270 g/mol. The summed E-state index contributed by atoms with van der Waals surface area (Å²) in [6.07, 6.45) is 0. The Morgan fingerprint density at radius 2 is 2.17 bits per heavy atom. The average molecular weight is 282 g/mol. The number of rotatable bonds is 5. The third-order valence-corrected chi connectivity index (χ3v) is 3.85. The predicted octanol–water partition coefficient (Wildman–Crippen LogP) is 3.44. The van der Waals surface area contributed by atoms with E-state index in [4.69, 9.17) is 11.6 Å². The van der Waals surface area contributed by atoms with Crippen LogP contribution in [0.2, 0.25) is 0 Å². The number of nitrogens with one attached hydrogen (secondary N) is 1. The van der Waals surface area contributed by atoms with Crippen molar-refractivity contribution in [3.63, 3.8) is 0 Å². The number of thiophene rings is 1. The van der Waals surface area contributed by atoms with Crippen LogP contribution < -0.4 is 5.32 Å². The average Bonchev–Trinajstić information content (AvgIpc) is 2.68. The molecule has 0 aliphatic heterocycles. The van der Waals surface area contributed by atoms with Crippen molar-refractivity contribution in [2.75, 3.05) is 6.54 Å². The van der Waals surface area contributed by atoms with Crippen molar-refractivity contribution in [3.05, 3.63) is 46.3 Å². The van der Waals surface area contributed by atoms with Crippen LogP contribution in [0.3, 0.4) is 0 Å². The van der Waals surface area contributed by atoms with E-state index in [1.807, 2.05) is 24.3 Å². The lowest BCUT2D eigenvalue weighted by Crippen LogP contribution is -2.16. The van der Waals surface area contributed by atoms with E-state index >= 15 is 0 Å². The fourth-order valence-corrected chi connectivity index (χ4v) is 2.93. The zero-order valence-corrected chi connectivity index (χ0v) is 11.1. The van der Waals surface area contributed by atoms with Crippen molar-refractivity contribution in [2.45, 2.75) is 6.54 Å². The van der Waals surface area contributed by atoms with E-state index in [0.717, 1.165) is 15.6 Å².